The van der Waals surface area contributed by atoms with Crippen LogP contribution in [-0.2, 0) is 0 Å². The van der Waals surface area contributed by atoms with Crippen LogP contribution in [0.4, 0.5) is 0 Å². The van der Waals surface area contributed by atoms with Gasteiger partial charge >= 0.3 is 0 Å². The van der Waals surface area contributed by atoms with Gasteiger partial charge in [-0.25, -0.2) is 0 Å². The highest BCUT2D eigenvalue weighted by atomic mass is 35.5. The molecule has 0 nitrogen and oxygen atoms in total. The number of rotatable bonds is 6. The van der Waals surface area contributed by atoms with E-state index in [0.717, 1.165) is 24.2 Å². The molecule has 0 spiro atoms. The highest BCUT2D eigenvalue weighted by Crippen LogP contribution is 2.09. The molecular weight excluding hydrogens is 274 g/mol. The quantitative estimate of drug-likeness (QED) is 0.539. The predicted molar refractivity (Wildman–Crippen MR) is 96.5 cm³/mol. The van der Waals surface area contributed by atoms with Crippen LogP contribution in [0.3, 0.4) is 0 Å². The van der Waals surface area contributed by atoms with E-state index in [1.54, 1.807) is 0 Å². The Kier molecular flexibility index (Phi) is 6.13. The lowest BCUT2D eigenvalue weighted by molar-refractivity contribution is 1.14. The molecule has 2 heteroatoms. The van der Waals surface area contributed by atoms with Crippen molar-refractivity contribution in [3.8, 4) is 0 Å². The van der Waals surface area contributed by atoms with E-state index in [1.807, 2.05) is 12.1 Å². The fourth-order valence-corrected chi connectivity index (χ4v) is 2.95. The SMILES string of the molecule is CCC=CCCB(c1cccc(Cl)c1)c1ccccc1C. The van der Waals surface area contributed by atoms with E-state index in [9.17, 15) is 0 Å². The topological polar surface area (TPSA) is 0 Å². The maximum atomic E-state index is 6.19. The van der Waals surface area contributed by atoms with E-state index < -0.39 is 0 Å². The lowest BCUT2D eigenvalue weighted by atomic mass is 9.37. The Morgan fingerprint density at radius 1 is 1.05 bits per heavy atom. The molecule has 0 unspecified atom stereocenters. The standard InChI is InChI=1S/C19H22BCl/c1-3-4-5-8-14-20(17-11-9-12-18(21)15-17)19-13-7-6-10-16(19)2/h4-7,9-13,15H,3,8,14H2,1-2H3. The second-order valence-corrected chi connectivity index (χ2v) is 5.86. The van der Waals surface area contributed by atoms with E-state index in [-0.39, 0.29) is 0 Å². The van der Waals surface area contributed by atoms with Gasteiger partial charge in [-0.15, -0.1) is 0 Å². The minimum absolute atomic E-state index is 0.409. The molecule has 21 heavy (non-hydrogen) atoms. The van der Waals surface area contributed by atoms with E-state index in [0.29, 0.717) is 6.71 Å². The lowest BCUT2D eigenvalue weighted by Crippen LogP contribution is -2.43. The summed E-state index contributed by atoms with van der Waals surface area (Å²) in [6, 6.07) is 16.9. The second kappa shape index (κ2) is 8.09. The monoisotopic (exact) mass is 296 g/mol. The molecule has 0 amide bonds. The first-order valence-corrected chi connectivity index (χ1v) is 8.06. The Morgan fingerprint density at radius 2 is 1.86 bits per heavy atom. The maximum Gasteiger partial charge on any atom is 0.210 e. The normalized spacial score (nSPS) is 11.0. The van der Waals surface area contributed by atoms with Crippen molar-refractivity contribution in [2.24, 2.45) is 0 Å². The fourth-order valence-electron chi connectivity index (χ4n) is 2.75. The van der Waals surface area contributed by atoms with Crippen molar-refractivity contribution in [3.05, 3.63) is 71.3 Å². The summed E-state index contributed by atoms with van der Waals surface area (Å²) in [5.74, 6) is 0. The molecule has 0 saturated carbocycles. The van der Waals surface area contributed by atoms with Crippen LogP contribution in [0.15, 0.2) is 60.7 Å². The molecule has 0 fully saturated rings. The van der Waals surface area contributed by atoms with E-state index >= 15 is 0 Å². The molecule has 2 aromatic rings. The molecule has 0 saturated heterocycles. The molecular formula is C19H22BCl. The summed E-state index contributed by atoms with van der Waals surface area (Å²) in [7, 11) is 0. The number of benzene rings is 2. The van der Waals surface area contributed by atoms with Crippen LogP contribution in [0.2, 0.25) is 11.3 Å². The van der Waals surface area contributed by atoms with Crippen molar-refractivity contribution in [2.45, 2.75) is 33.0 Å². The third kappa shape index (κ3) is 4.51. The van der Waals surface area contributed by atoms with Crippen molar-refractivity contribution in [1.29, 1.82) is 0 Å². The van der Waals surface area contributed by atoms with Gasteiger partial charge in [0.2, 0.25) is 6.71 Å². The van der Waals surface area contributed by atoms with E-state index in [1.165, 1.54) is 16.5 Å². The first-order valence-electron chi connectivity index (χ1n) is 7.68. The molecule has 0 N–H and O–H groups in total. The van der Waals surface area contributed by atoms with Gasteiger partial charge in [0.1, 0.15) is 0 Å². The second-order valence-electron chi connectivity index (χ2n) is 5.42. The summed E-state index contributed by atoms with van der Waals surface area (Å²) in [5, 5.41) is 0.815. The zero-order chi connectivity index (χ0) is 15.1. The average molecular weight is 297 g/mol. The molecule has 0 aliphatic carbocycles. The van der Waals surface area contributed by atoms with Crippen molar-refractivity contribution >= 4 is 29.2 Å². The van der Waals surface area contributed by atoms with Crippen LogP contribution in [0.5, 0.6) is 0 Å². The van der Waals surface area contributed by atoms with Gasteiger partial charge in [0, 0.05) is 5.02 Å². The summed E-state index contributed by atoms with van der Waals surface area (Å²) in [4.78, 5) is 0. The number of aryl methyl sites for hydroxylation is 1. The van der Waals surface area contributed by atoms with E-state index in [2.05, 4.69) is 62.4 Å². The fraction of sp³-hybridized carbons (Fsp3) is 0.263. The molecule has 108 valence electrons. The van der Waals surface area contributed by atoms with Crippen molar-refractivity contribution in [3.63, 3.8) is 0 Å². The minimum Gasteiger partial charge on any atom is -0.0892 e. The molecule has 2 rings (SSSR count). The van der Waals surface area contributed by atoms with Crippen LogP contribution in [0.25, 0.3) is 0 Å². The van der Waals surface area contributed by atoms with Gasteiger partial charge in [-0.1, -0.05) is 89.9 Å². The van der Waals surface area contributed by atoms with Gasteiger partial charge in [0.15, 0.2) is 0 Å². The van der Waals surface area contributed by atoms with E-state index in [4.69, 9.17) is 11.6 Å². The average Bonchev–Trinajstić information content (AvgIpc) is 2.48. The Balaban J connectivity index is 2.30. The van der Waals surface area contributed by atoms with Crippen LogP contribution in [0.1, 0.15) is 25.3 Å². The van der Waals surface area contributed by atoms with Gasteiger partial charge in [-0.05, 0) is 31.9 Å². The summed E-state index contributed by atoms with van der Waals surface area (Å²) >= 11 is 6.19. The van der Waals surface area contributed by atoms with Crippen molar-refractivity contribution < 1.29 is 0 Å². The van der Waals surface area contributed by atoms with Crippen LogP contribution in [-0.4, -0.2) is 6.71 Å². The predicted octanol–water partition coefficient (Wildman–Crippen LogP) is 4.61. The van der Waals surface area contributed by atoms with Gasteiger partial charge in [-0.2, -0.15) is 0 Å². The molecule has 0 atom stereocenters. The van der Waals surface area contributed by atoms with Crippen molar-refractivity contribution in [1.82, 2.24) is 0 Å². The molecule has 2 aromatic carbocycles. The highest BCUT2D eigenvalue weighted by molar-refractivity contribution is 6.85. The molecule has 0 radical (unpaired) electrons. The third-order valence-electron chi connectivity index (χ3n) is 3.84. The summed E-state index contributed by atoms with van der Waals surface area (Å²) in [6.45, 7) is 4.77. The Bertz CT molecular complexity index is 604. The van der Waals surface area contributed by atoms with Gasteiger partial charge in [0.25, 0.3) is 0 Å². The molecule has 0 heterocycles. The zero-order valence-corrected chi connectivity index (χ0v) is 13.6. The number of allylic oxidation sites excluding steroid dienone is 2. The largest absolute Gasteiger partial charge is 0.210 e. The molecule has 0 aliphatic rings. The van der Waals surface area contributed by atoms with Crippen LogP contribution in [0, 0.1) is 6.92 Å². The lowest BCUT2D eigenvalue weighted by Gasteiger charge is -2.16. The van der Waals surface area contributed by atoms with Gasteiger partial charge < -0.3 is 0 Å². The number of hydrogen-bond donors (Lipinski definition) is 0. The van der Waals surface area contributed by atoms with Gasteiger partial charge in [0.05, 0.1) is 0 Å². The number of halogens is 1. The first kappa shape index (κ1) is 15.9. The molecule has 0 aromatic heterocycles. The van der Waals surface area contributed by atoms with Gasteiger partial charge in [-0.3, -0.25) is 0 Å². The number of hydrogen-bond acceptors (Lipinski definition) is 0. The first-order chi connectivity index (χ1) is 10.2. The van der Waals surface area contributed by atoms with Crippen molar-refractivity contribution in [2.75, 3.05) is 0 Å². The van der Waals surface area contributed by atoms with Crippen LogP contribution < -0.4 is 10.9 Å². The summed E-state index contributed by atoms with van der Waals surface area (Å²) < 4.78 is 0. The minimum atomic E-state index is 0.409. The maximum absolute atomic E-state index is 6.19. The van der Waals surface area contributed by atoms with Crippen LogP contribution >= 0.6 is 11.6 Å². The third-order valence-corrected chi connectivity index (χ3v) is 4.07. The highest BCUT2D eigenvalue weighted by Gasteiger charge is 2.19. The smallest absolute Gasteiger partial charge is 0.0892 e. The summed E-state index contributed by atoms with van der Waals surface area (Å²) in [6.07, 6.45) is 7.84. The zero-order valence-electron chi connectivity index (χ0n) is 12.9. The Hall–Kier alpha value is -1.47. The summed E-state index contributed by atoms with van der Waals surface area (Å²) in [5.41, 5.74) is 4.06. The molecule has 0 aliphatic heterocycles. The Morgan fingerprint density at radius 3 is 2.57 bits per heavy atom. The Labute approximate surface area is 133 Å². The molecule has 0 bridgehead atoms.